The standard InChI is InChI=1S/C18H23N3O3.C18H23N3O2.C13H18N2O3.C12H18N2O2.C5H4BrN/c1-18(2,3)24-17(23)20-9-10-21-14(12-20)6-7-15(21)16(22)13-5-4-8-19-11-13;1-18(2,3)23-17(22)20-9-10-21-15(6-7-16(21)13-20)11-14-5-4-8-19-12-14;1-13(2,3)18-12(17)14-6-7-15-10(8-14)4-5-11(15)9-16;1-12(2,3)16-11(15)14-8-7-13-6-4-5-10(13)9-14;6-5-2-1-3-7-4-5/h4-8,11,16,22H,9-10,12H2,1-3H3;4-8,12H,9-11,13H2,1-3H3;4-5,9H,6-8H2,1-3H3;4-6H,7-9H2,1-3H3;1-4H. The molecule has 11 rings (SSSR count). The number of hydrogen-bond acceptors (Lipinski definition) is 13. The lowest BCUT2D eigenvalue weighted by atomic mass is 10.1. The zero-order valence-electron chi connectivity index (χ0n) is 52.9. The van der Waals surface area contributed by atoms with Gasteiger partial charge in [-0.1, -0.05) is 12.1 Å². The summed E-state index contributed by atoms with van der Waals surface area (Å²) in [4.78, 5) is 78.0. The molecule has 1 unspecified atom stereocenters. The topological polar surface area (TPSA) is 214 Å². The monoisotopic (exact) mass is 1270 g/mol. The van der Waals surface area contributed by atoms with Gasteiger partial charge in [-0.15, -0.1) is 0 Å². The molecule has 0 aliphatic carbocycles. The van der Waals surface area contributed by atoms with E-state index < -0.39 is 28.5 Å². The van der Waals surface area contributed by atoms with Crippen molar-refractivity contribution < 1.29 is 48.0 Å². The maximum Gasteiger partial charge on any atom is 0.410 e. The molecular weight excluding hydrogens is 1190 g/mol. The van der Waals surface area contributed by atoms with Crippen LogP contribution in [0.4, 0.5) is 19.2 Å². The number of pyridine rings is 3. The number of aliphatic hydroxyl groups excluding tert-OH is 1. The summed E-state index contributed by atoms with van der Waals surface area (Å²) in [5.41, 5.74) is 7.11. The number of rotatable bonds is 5. The van der Waals surface area contributed by atoms with E-state index in [9.17, 15) is 29.1 Å². The van der Waals surface area contributed by atoms with Crippen molar-refractivity contribution in [3.63, 3.8) is 0 Å². The molecule has 4 amide bonds. The normalized spacial score (nSPS) is 14.8. The van der Waals surface area contributed by atoms with Gasteiger partial charge in [0, 0.05) is 141 Å². The van der Waals surface area contributed by atoms with E-state index in [4.69, 9.17) is 18.9 Å². The molecule has 1 N–H and O–H groups in total. The molecule has 0 radical (unpaired) electrons. The lowest BCUT2D eigenvalue weighted by Gasteiger charge is -2.32. The van der Waals surface area contributed by atoms with Gasteiger partial charge >= 0.3 is 24.4 Å². The number of aldehydes is 1. The fraction of sp³-hybridized carbons (Fsp3) is 0.455. The maximum atomic E-state index is 12.2. The van der Waals surface area contributed by atoms with Crippen LogP contribution >= 0.6 is 15.9 Å². The molecule has 4 aliphatic rings. The number of carbonyl (C=O) groups excluding carboxylic acids is 5. The van der Waals surface area contributed by atoms with Crippen molar-refractivity contribution in [3.8, 4) is 0 Å². The average Bonchev–Trinajstić information content (AvgIpc) is 3.43. The number of halogens is 1. The van der Waals surface area contributed by atoms with Crippen LogP contribution in [0.1, 0.15) is 145 Å². The second-order valence-corrected chi connectivity index (χ2v) is 26.5. The quantitative estimate of drug-likeness (QED) is 0.126. The molecule has 1 atom stereocenters. The van der Waals surface area contributed by atoms with Crippen LogP contribution in [0, 0.1) is 0 Å². The SMILES string of the molecule is Brc1cccnc1.CC(C)(C)OC(=O)N1CCn2c(C=O)ccc2C1.CC(C)(C)OC(=O)N1CCn2c(Cc3cccnc3)ccc2C1.CC(C)(C)OC(=O)N1CCn2c(ccc2C(O)c2cccnc2)C1.CC(C)(C)OC(=O)N1CCn2cccc2C1. The fourth-order valence-corrected chi connectivity index (χ4v) is 10.1. The highest BCUT2D eigenvalue weighted by Gasteiger charge is 2.31. The van der Waals surface area contributed by atoms with Gasteiger partial charge in [-0.3, -0.25) is 19.7 Å². The summed E-state index contributed by atoms with van der Waals surface area (Å²) in [6, 6.07) is 27.3. The number of carbonyl (C=O) groups is 5. The lowest BCUT2D eigenvalue weighted by Crippen LogP contribution is -2.41. The smallest absolute Gasteiger partial charge is 0.410 e. The molecule has 21 nitrogen and oxygen atoms in total. The first kappa shape index (κ1) is 67.3. The molecular formula is C66H86BrN11O10. The first-order valence-corrected chi connectivity index (χ1v) is 30.4. The van der Waals surface area contributed by atoms with Crippen molar-refractivity contribution >= 4 is 46.6 Å². The van der Waals surface area contributed by atoms with Crippen LogP contribution in [-0.2, 0) is 77.7 Å². The molecule has 0 saturated heterocycles. The van der Waals surface area contributed by atoms with Crippen molar-refractivity contribution in [2.45, 2.75) is 170 Å². The summed E-state index contributed by atoms with van der Waals surface area (Å²) in [6.07, 6.45) is 12.5. The molecule has 0 fully saturated rings. The Morgan fingerprint density at radius 3 is 1.41 bits per heavy atom. The van der Waals surface area contributed by atoms with Crippen LogP contribution < -0.4 is 0 Å². The highest BCUT2D eigenvalue weighted by molar-refractivity contribution is 9.10. The Balaban J connectivity index is 0.000000163. The van der Waals surface area contributed by atoms with Crippen LogP contribution in [0.25, 0.3) is 0 Å². The third-order valence-electron chi connectivity index (χ3n) is 13.8. The van der Waals surface area contributed by atoms with Gasteiger partial charge in [-0.05, 0) is 177 Å². The van der Waals surface area contributed by atoms with Crippen LogP contribution in [0.2, 0.25) is 0 Å². The molecule has 0 aromatic carbocycles. The van der Waals surface area contributed by atoms with Crippen molar-refractivity contribution in [3.05, 3.63) is 184 Å². The fourth-order valence-electron chi connectivity index (χ4n) is 9.85. The van der Waals surface area contributed by atoms with E-state index in [1.807, 2.05) is 161 Å². The molecule has 22 heteroatoms. The lowest BCUT2D eigenvalue weighted by molar-refractivity contribution is 0.0187. The van der Waals surface area contributed by atoms with Crippen molar-refractivity contribution in [2.75, 3.05) is 26.2 Å². The van der Waals surface area contributed by atoms with Crippen molar-refractivity contribution in [1.82, 2.24) is 52.8 Å². The van der Waals surface area contributed by atoms with Gasteiger partial charge in [0.2, 0.25) is 0 Å². The molecule has 4 aliphatic heterocycles. The minimum absolute atomic E-state index is 0.222. The van der Waals surface area contributed by atoms with Crippen molar-refractivity contribution in [1.29, 1.82) is 0 Å². The molecule has 0 spiro atoms. The zero-order valence-corrected chi connectivity index (χ0v) is 54.5. The summed E-state index contributed by atoms with van der Waals surface area (Å²) in [6.45, 7) is 30.1. The van der Waals surface area contributed by atoms with E-state index in [2.05, 4.69) is 62.8 Å². The molecule has 7 aromatic rings. The highest BCUT2D eigenvalue weighted by Crippen LogP contribution is 2.28. The van der Waals surface area contributed by atoms with E-state index in [1.165, 1.54) is 11.3 Å². The Morgan fingerprint density at radius 1 is 0.500 bits per heavy atom. The average molecular weight is 1270 g/mol. The number of fused-ring (bicyclic) bond motifs is 4. The number of aromatic nitrogens is 7. The summed E-state index contributed by atoms with van der Waals surface area (Å²) >= 11 is 3.25. The first-order chi connectivity index (χ1) is 41.5. The predicted octanol–water partition coefficient (Wildman–Crippen LogP) is 12.1. The largest absolute Gasteiger partial charge is 0.444 e. The maximum absolute atomic E-state index is 12.2. The Labute approximate surface area is 525 Å². The first-order valence-electron chi connectivity index (χ1n) is 29.6. The van der Waals surface area contributed by atoms with Gasteiger partial charge in [0.05, 0.1) is 37.6 Å². The Hall–Kier alpha value is -8.24. The number of ether oxygens (including phenoxy) is 4. The Kier molecular flexibility index (Phi) is 22.7. The van der Waals surface area contributed by atoms with Crippen LogP contribution in [0.3, 0.4) is 0 Å². The van der Waals surface area contributed by atoms with Gasteiger partial charge in [0.25, 0.3) is 0 Å². The number of nitrogens with zero attached hydrogens (tertiary/aromatic N) is 11. The van der Waals surface area contributed by atoms with Gasteiger partial charge < -0.3 is 61.9 Å². The van der Waals surface area contributed by atoms with Gasteiger partial charge in [-0.2, -0.15) is 0 Å². The van der Waals surface area contributed by atoms with Crippen LogP contribution in [-0.4, -0.2) is 137 Å². The number of aliphatic hydroxyl groups is 1. The Bertz CT molecular complexity index is 3410. The van der Waals surface area contributed by atoms with Gasteiger partial charge in [0.1, 0.15) is 28.5 Å². The van der Waals surface area contributed by atoms with E-state index in [1.54, 1.807) is 56.7 Å². The van der Waals surface area contributed by atoms with E-state index in [0.717, 1.165) is 70.8 Å². The zero-order chi connectivity index (χ0) is 64.0. The number of hydrogen-bond donors (Lipinski definition) is 1. The second-order valence-electron chi connectivity index (χ2n) is 25.6. The van der Waals surface area contributed by atoms with Crippen LogP contribution in [0.15, 0.2) is 133 Å². The number of amides is 4. The molecule has 472 valence electrons. The van der Waals surface area contributed by atoms with Crippen LogP contribution in [0.5, 0.6) is 0 Å². The van der Waals surface area contributed by atoms with Gasteiger partial charge in [-0.25, -0.2) is 19.2 Å². The summed E-state index contributed by atoms with van der Waals surface area (Å²) in [5.74, 6) is 0. The molecule has 11 heterocycles. The van der Waals surface area contributed by atoms with E-state index in [0.29, 0.717) is 64.6 Å². The summed E-state index contributed by atoms with van der Waals surface area (Å²) in [5, 5.41) is 10.6. The molecule has 0 saturated carbocycles. The third kappa shape index (κ3) is 20.2. The molecule has 7 aromatic heterocycles. The highest BCUT2D eigenvalue weighted by atomic mass is 79.9. The molecule has 88 heavy (non-hydrogen) atoms. The Morgan fingerprint density at radius 2 is 0.943 bits per heavy atom. The molecule has 0 bridgehead atoms. The van der Waals surface area contributed by atoms with Crippen molar-refractivity contribution in [2.24, 2.45) is 0 Å². The third-order valence-corrected chi connectivity index (χ3v) is 14.3. The minimum Gasteiger partial charge on any atom is -0.444 e. The van der Waals surface area contributed by atoms with Gasteiger partial charge in [0.15, 0.2) is 6.29 Å². The predicted molar refractivity (Wildman–Crippen MR) is 337 cm³/mol. The summed E-state index contributed by atoms with van der Waals surface area (Å²) in [7, 11) is 0. The van der Waals surface area contributed by atoms with E-state index in [-0.39, 0.29) is 24.4 Å². The minimum atomic E-state index is -0.722. The summed E-state index contributed by atoms with van der Waals surface area (Å²) < 4.78 is 31.1. The second kappa shape index (κ2) is 29.6. The van der Waals surface area contributed by atoms with E-state index >= 15 is 0 Å².